The van der Waals surface area contributed by atoms with Crippen molar-refractivity contribution in [3.8, 4) is 17.6 Å². The minimum atomic E-state index is -0.446. The van der Waals surface area contributed by atoms with Crippen molar-refractivity contribution in [2.24, 2.45) is 0 Å². The summed E-state index contributed by atoms with van der Waals surface area (Å²) in [6.45, 7) is 7.18. The molecule has 6 heterocycles. The summed E-state index contributed by atoms with van der Waals surface area (Å²) < 4.78 is 13.1. The summed E-state index contributed by atoms with van der Waals surface area (Å²) in [6, 6.07) is 28.4. The van der Waals surface area contributed by atoms with Gasteiger partial charge < -0.3 is 41.4 Å². The number of urea groups is 2. The Morgan fingerprint density at radius 1 is 0.706 bits per heavy atom. The molecule has 0 aliphatic carbocycles. The molecule has 6 N–H and O–H groups in total. The van der Waals surface area contributed by atoms with E-state index in [2.05, 4.69) is 87.6 Å². The Hall–Kier alpha value is -6.21. The van der Waals surface area contributed by atoms with E-state index >= 15 is 0 Å². The molecular formula is C64H79Br2N9O8S2. The van der Waals surface area contributed by atoms with Gasteiger partial charge in [-0.05, 0) is 162 Å². The molecule has 21 heteroatoms. The SMILES string of the molecule is CCCC(NC(=O)/C(C#N)=C/c1cccc(Br)n1)c1ccc(OCCCC(=O)CCCC[C@@H]2SC[C@@H]3NC(=O)N[C@@H]32)cc1.CCCC(NC(=O)/C=C/c1cccc(Br)n1)c1ccc(OCCCC(=O)CCCC[C@@H]2SC[C@]3(C)NC(=O)N[C@H]23)cc1. The molecule has 4 aromatic rings. The topological polar surface area (TPSA) is 243 Å². The molecule has 4 aliphatic rings. The molecule has 2 unspecified atom stereocenters. The van der Waals surface area contributed by atoms with Crippen molar-refractivity contribution >= 4 is 103 Å². The first kappa shape index (κ1) is 66.3. The van der Waals surface area contributed by atoms with E-state index in [1.54, 1.807) is 24.3 Å². The van der Waals surface area contributed by atoms with Crippen LogP contribution in [-0.2, 0) is 19.2 Å². The standard InChI is InChI=1S/C32H38BrN5O4S.C32H41BrN4O4S/c1-2-7-26(36-31(40)22(19-34)18-23-8-5-12-29(33)35-23)21-13-15-25(16-14-21)42-17-6-10-24(39)9-3-4-11-28-30-27(20-43-28)37-32(41)38-30;1-3-8-26(35-29(39)19-16-23-9-6-13-28(33)34-23)22-14-17-25(18-15-22)41-20-7-11-24(38)10-4-5-12-27-30-32(2,21-42-27)37-31(40)36-30/h5,8,12-16,18,26-28,30H,2-4,6-7,9-11,17,20H2,1H3,(H,36,40)(H2,37,38,41);6,9,13-19,26-27,30H,3-5,7-8,10-12,20-21H2,1-2H3,(H,35,39)(H2,36,37,40)/b22-18+;19-16+/t26?,27-,28-,30-;26?,27-,30+,32-/m00/s1. The maximum atomic E-state index is 12.9. The van der Waals surface area contributed by atoms with Crippen molar-refractivity contribution in [3.63, 3.8) is 0 Å². The number of benzene rings is 2. The second-order valence-corrected chi connectivity index (χ2v) is 26.1. The molecule has 85 heavy (non-hydrogen) atoms. The Bertz CT molecular complexity index is 3000. The van der Waals surface area contributed by atoms with Gasteiger partial charge >= 0.3 is 12.1 Å². The first-order chi connectivity index (χ1) is 41.1. The maximum absolute atomic E-state index is 12.9. The number of amides is 6. The summed E-state index contributed by atoms with van der Waals surface area (Å²) in [4.78, 5) is 82.0. The fraction of sp³-hybridized carbons (Fsp3) is 0.484. The summed E-state index contributed by atoms with van der Waals surface area (Å²) in [5.41, 5.74) is 3.02. The number of nitriles is 1. The molecule has 0 spiro atoms. The lowest BCUT2D eigenvalue weighted by atomic mass is 9.92. The van der Waals surface area contributed by atoms with Gasteiger partial charge in [0.25, 0.3) is 5.91 Å². The fourth-order valence-electron chi connectivity index (χ4n) is 10.8. The number of ketones is 2. The van der Waals surface area contributed by atoms with E-state index in [9.17, 15) is 34.0 Å². The van der Waals surface area contributed by atoms with Crippen LogP contribution in [0.5, 0.6) is 11.5 Å². The van der Waals surface area contributed by atoms with Gasteiger partial charge in [-0.3, -0.25) is 19.2 Å². The van der Waals surface area contributed by atoms with Crippen LogP contribution in [0.25, 0.3) is 12.2 Å². The number of carbonyl (C=O) groups excluding carboxylic acids is 6. The lowest BCUT2D eigenvalue weighted by Gasteiger charge is -2.23. The van der Waals surface area contributed by atoms with Gasteiger partial charge in [-0.1, -0.05) is 75.9 Å². The van der Waals surface area contributed by atoms with Crippen LogP contribution in [0.1, 0.15) is 158 Å². The minimum absolute atomic E-state index is 0.0104. The number of fused-ring (bicyclic) bond motifs is 2. The molecular weight excluding hydrogens is 1250 g/mol. The molecule has 0 saturated carbocycles. The molecule has 4 aliphatic heterocycles. The molecule has 0 bridgehead atoms. The van der Waals surface area contributed by atoms with Crippen LogP contribution in [0.15, 0.2) is 106 Å². The van der Waals surface area contributed by atoms with Crippen molar-refractivity contribution in [2.75, 3.05) is 24.7 Å². The largest absolute Gasteiger partial charge is 0.494 e. The maximum Gasteiger partial charge on any atom is 0.315 e. The quantitative estimate of drug-likeness (QED) is 0.00877. The predicted molar refractivity (Wildman–Crippen MR) is 343 cm³/mol. The van der Waals surface area contributed by atoms with Crippen LogP contribution in [0, 0.1) is 11.3 Å². The van der Waals surface area contributed by atoms with Crippen LogP contribution in [0.3, 0.4) is 0 Å². The normalized spacial score (nSPS) is 20.9. The number of aromatic nitrogens is 2. The Labute approximate surface area is 525 Å². The van der Waals surface area contributed by atoms with Crippen LogP contribution in [0.2, 0.25) is 0 Å². The zero-order valence-electron chi connectivity index (χ0n) is 48.7. The molecule has 6 amide bonds. The third kappa shape index (κ3) is 21.3. The zero-order chi connectivity index (χ0) is 60.6. The fourth-order valence-corrected chi connectivity index (χ4v) is 14.8. The van der Waals surface area contributed by atoms with Crippen molar-refractivity contribution in [1.82, 2.24) is 41.9 Å². The van der Waals surface area contributed by atoms with Crippen LogP contribution >= 0.6 is 55.4 Å². The number of unbranched alkanes of at least 4 members (excludes halogenated alkanes) is 2. The summed E-state index contributed by atoms with van der Waals surface area (Å²) in [6.07, 6.45) is 17.3. The van der Waals surface area contributed by atoms with E-state index in [0.29, 0.717) is 84.0 Å². The third-order valence-corrected chi connectivity index (χ3v) is 19.4. The highest BCUT2D eigenvalue weighted by Crippen LogP contribution is 2.40. The number of pyridine rings is 2. The van der Waals surface area contributed by atoms with E-state index in [1.165, 1.54) is 12.2 Å². The van der Waals surface area contributed by atoms with Crippen LogP contribution < -0.4 is 41.4 Å². The van der Waals surface area contributed by atoms with Gasteiger partial charge in [0.1, 0.15) is 43.9 Å². The Morgan fingerprint density at radius 3 is 1.84 bits per heavy atom. The van der Waals surface area contributed by atoms with Crippen molar-refractivity contribution in [2.45, 2.75) is 170 Å². The van der Waals surface area contributed by atoms with Crippen LogP contribution in [0.4, 0.5) is 9.59 Å². The molecule has 2 aromatic carbocycles. The highest BCUT2D eigenvalue weighted by molar-refractivity contribution is 9.10. The van der Waals surface area contributed by atoms with Crippen molar-refractivity contribution < 1.29 is 38.2 Å². The molecule has 2 aromatic heterocycles. The average molecular weight is 1330 g/mol. The smallest absolute Gasteiger partial charge is 0.315 e. The third-order valence-electron chi connectivity index (χ3n) is 15.3. The van der Waals surface area contributed by atoms with E-state index in [0.717, 1.165) is 97.2 Å². The molecule has 0 radical (unpaired) electrons. The first-order valence-electron chi connectivity index (χ1n) is 29.7. The molecule has 17 nitrogen and oxygen atoms in total. The second-order valence-electron chi connectivity index (χ2n) is 22.0. The number of thioether (sulfide) groups is 2. The molecule has 454 valence electrons. The highest BCUT2D eigenvalue weighted by atomic mass is 79.9. The Morgan fingerprint density at radius 2 is 1.26 bits per heavy atom. The van der Waals surface area contributed by atoms with Gasteiger partial charge in [0, 0.05) is 53.8 Å². The average Bonchev–Trinajstić information content (AvgIpc) is 3.07. The van der Waals surface area contributed by atoms with Crippen molar-refractivity contribution in [3.05, 3.63) is 128 Å². The van der Waals surface area contributed by atoms with Crippen LogP contribution in [-0.4, -0.2) is 104 Å². The second kappa shape index (κ2) is 34.2. The first-order valence-corrected chi connectivity index (χ1v) is 33.3. The number of ether oxygens (including phenoxy) is 2. The summed E-state index contributed by atoms with van der Waals surface area (Å²) in [5.74, 6) is 3.27. The zero-order valence-corrected chi connectivity index (χ0v) is 53.5. The summed E-state index contributed by atoms with van der Waals surface area (Å²) in [5, 5.41) is 28.6. The number of carbonyl (C=O) groups is 6. The number of hydrogen-bond donors (Lipinski definition) is 6. The Kier molecular flexibility index (Phi) is 26.7. The number of Topliss-reactive ketones (excluding diaryl/α,β-unsaturated/α-hetero) is 2. The number of hydrogen-bond acceptors (Lipinski definition) is 13. The van der Waals surface area contributed by atoms with E-state index in [-0.39, 0.29) is 70.9 Å². The minimum Gasteiger partial charge on any atom is -0.494 e. The molecule has 8 rings (SSSR count). The van der Waals surface area contributed by atoms with Gasteiger partial charge in [0.05, 0.1) is 60.3 Å². The van der Waals surface area contributed by atoms with E-state index in [4.69, 9.17) is 9.47 Å². The number of nitrogens with one attached hydrogen (secondary N) is 6. The number of rotatable bonds is 32. The van der Waals surface area contributed by atoms with E-state index < -0.39 is 5.91 Å². The lowest BCUT2D eigenvalue weighted by molar-refractivity contribution is -0.120. The van der Waals surface area contributed by atoms with Gasteiger partial charge in [0.15, 0.2) is 0 Å². The summed E-state index contributed by atoms with van der Waals surface area (Å²) >= 11 is 10.5. The molecule has 4 saturated heterocycles. The summed E-state index contributed by atoms with van der Waals surface area (Å²) in [7, 11) is 0. The van der Waals surface area contributed by atoms with E-state index in [1.807, 2.05) is 103 Å². The molecule has 4 fully saturated rings. The highest BCUT2D eigenvalue weighted by Gasteiger charge is 2.51. The number of nitrogens with zero attached hydrogens (tertiary/aromatic N) is 3. The monoisotopic (exact) mass is 1320 g/mol. The van der Waals surface area contributed by atoms with Gasteiger partial charge in [-0.2, -0.15) is 28.8 Å². The number of halogens is 2. The Balaban J connectivity index is 0.000000244. The van der Waals surface area contributed by atoms with Gasteiger partial charge in [-0.15, -0.1) is 0 Å². The van der Waals surface area contributed by atoms with Gasteiger partial charge in [-0.25, -0.2) is 19.6 Å². The van der Waals surface area contributed by atoms with Gasteiger partial charge in [0.2, 0.25) is 5.91 Å². The molecule has 8 atom stereocenters. The predicted octanol–water partition coefficient (Wildman–Crippen LogP) is 12.2. The van der Waals surface area contributed by atoms with Crippen molar-refractivity contribution in [1.29, 1.82) is 5.26 Å². The lowest BCUT2D eigenvalue weighted by Crippen LogP contribution is -2.47.